The van der Waals surface area contributed by atoms with Gasteiger partial charge in [0.2, 0.25) is 0 Å². The molecule has 12 heavy (non-hydrogen) atoms. The third-order valence-electron chi connectivity index (χ3n) is 3.72. The van der Waals surface area contributed by atoms with Gasteiger partial charge in [-0.2, -0.15) is 0 Å². The average Bonchev–Trinajstić information content (AvgIpc) is 2.27. The first-order chi connectivity index (χ1) is 5.50. The van der Waals surface area contributed by atoms with Crippen molar-refractivity contribution in [1.82, 2.24) is 0 Å². The van der Waals surface area contributed by atoms with Gasteiger partial charge in [-0.1, -0.05) is 25.9 Å². The molecule has 0 aromatic heterocycles. The molecule has 1 rings (SSSR count). The van der Waals surface area contributed by atoms with E-state index in [1.54, 1.807) is 0 Å². The molecule has 1 fully saturated rings. The van der Waals surface area contributed by atoms with Gasteiger partial charge in [0, 0.05) is 5.92 Å². The lowest BCUT2D eigenvalue weighted by Crippen LogP contribution is -2.28. The van der Waals surface area contributed by atoms with Gasteiger partial charge in [-0.25, -0.2) is 0 Å². The van der Waals surface area contributed by atoms with E-state index in [0.29, 0.717) is 11.3 Å². The van der Waals surface area contributed by atoms with Crippen LogP contribution in [0.4, 0.5) is 0 Å². The summed E-state index contributed by atoms with van der Waals surface area (Å²) in [5, 5.41) is 12.0. The lowest BCUT2D eigenvalue weighted by Gasteiger charge is -2.30. The molecule has 2 nitrogen and oxygen atoms in total. The minimum Gasteiger partial charge on any atom is -0.411 e. The van der Waals surface area contributed by atoms with E-state index in [-0.39, 0.29) is 0 Å². The maximum Gasteiger partial charge on any atom is 0.0576 e. The van der Waals surface area contributed by atoms with Gasteiger partial charge >= 0.3 is 0 Å². The van der Waals surface area contributed by atoms with Crippen molar-refractivity contribution in [3.63, 3.8) is 0 Å². The Morgan fingerprint density at radius 1 is 1.42 bits per heavy atom. The Labute approximate surface area is 74.7 Å². The molecule has 0 unspecified atom stereocenters. The van der Waals surface area contributed by atoms with Gasteiger partial charge in [0.25, 0.3) is 0 Å². The Morgan fingerprint density at radius 2 is 2.00 bits per heavy atom. The average molecular weight is 169 g/mol. The topological polar surface area (TPSA) is 32.6 Å². The van der Waals surface area contributed by atoms with Gasteiger partial charge in [-0.3, -0.25) is 0 Å². The van der Waals surface area contributed by atoms with Crippen molar-refractivity contribution in [3.05, 3.63) is 0 Å². The number of rotatable bonds is 1. The van der Waals surface area contributed by atoms with Gasteiger partial charge in [0.1, 0.15) is 0 Å². The highest BCUT2D eigenvalue weighted by molar-refractivity contribution is 5.84. The molecule has 0 radical (unpaired) electrons. The largest absolute Gasteiger partial charge is 0.411 e. The van der Waals surface area contributed by atoms with E-state index < -0.39 is 0 Å². The predicted molar refractivity (Wildman–Crippen MR) is 50.6 cm³/mol. The molecule has 0 aromatic carbocycles. The van der Waals surface area contributed by atoms with Crippen LogP contribution >= 0.6 is 0 Å². The highest BCUT2D eigenvalue weighted by atomic mass is 16.4. The van der Waals surface area contributed by atoms with Gasteiger partial charge in [0.15, 0.2) is 0 Å². The van der Waals surface area contributed by atoms with Crippen LogP contribution < -0.4 is 0 Å². The zero-order valence-electron chi connectivity index (χ0n) is 8.46. The molecular formula is C10H19NO. The minimum absolute atomic E-state index is 0.302. The zero-order chi connectivity index (χ0) is 9.35. The molecule has 70 valence electrons. The fourth-order valence-electron chi connectivity index (χ4n) is 2.32. The summed E-state index contributed by atoms with van der Waals surface area (Å²) in [6, 6.07) is 0. The molecule has 2 heteroatoms. The van der Waals surface area contributed by atoms with Crippen LogP contribution in [0, 0.1) is 17.3 Å². The molecule has 0 heterocycles. The van der Waals surface area contributed by atoms with Crippen molar-refractivity contribution < 1.29 is 5.21 Å². The van der Waals surface area contributed by atoms with Crippen LogP contribution in [-0.4, -0.2) is 10.9 Å². The zero-order valence-corrected chi connectivity index (χ0v) is 8.46. The molecule has 0 aromatic rings. The molecule has 1 aliphatic carbocycles. The van der Waals surface area contributed by atoms with Crippen molar-refractivity contribution in [2.24, 2.45) is 22.4 Å². The van der Waals surface area contributed by atoms with Crippen molar-refractivity contribution in [2.75, 3.05) is 0 Å². The van der Waals surface area contributed by atoms with Gasteiger partial charge in [-0.15, -0.1) is 0 Å². The van der Waals surface area contributed by atoms with Crippen LogP contribution in [0.2, 0.25) is 0 Å². The van der Waals surface area contributed by atoms with Gasteiger partial charge in [-0.05, 0) is 31.1 Å². The Kier molecular flexibility index (Phi) is 2.45. The molecule has 0 spiro atoms. The molecule has 1 N–H and O–H groups in total. The van der Waals surface area contributed by atoms with E-state index in [9.17, 15) is 0 Å². The smallest absolute Gasteiger partial charge is 0.0576 e. The van der Waals surface area contributed by atoms with Crippen LogP contribution in [0.25, 0.3) is 0 Å². The van der Waals surface area contributed by atoms with E-state index in [2.05, 4.69) is 25.9 Å². The molecule has 0 bridgehead atoms. The summed E-state index contributed by atoms with van der Waals surface area (Å²) in [7, 11) is 0. The summed E-state index contributed by atoms with van der Waals surface area (Å²) >= 11 is 0. The molecular weight excluding hydrogens is 150 g/mol. The molecule has 1 aliphatic rings. The lowest BCUT2D eigenvalue weighted by molar-refractivity contribution is 0.235. The lowest BCUT2D eigenvalue weighted by atomic mass is 9.74. The van der Waals surface area contributed by atoms with Crippen molar-refractivity contribution >= 4 is 5.71 Å². The van der Waals surface area contributed by atoms with E-state index in [1.807, 2.05) is 6.92 Å². The minimum atomic E-state index is 0.302. The number of hydrogen-bond donors (Lipinski definition) is 1. The summed E-state index contributed by atoms with van der Waals surface area (Å²) in [5.41, 5.74) is 1.19. The normalized spacial score (nSPS) is 35.5. The first-order valence-corrected chi connectivity index (χ1v) is 4.68. The molecule has 0 saturated heterocycles. The van der Waals surface area contributed by atoms with Crippen LogP contribution in [-0.2, 0) is 0 Å². The Bertz CT molecular complexity index is 196. The highest BCUT2D eigenvalue weighted by Crippen LogP contribution is 2.47. The van der Waals surface area contributed by atoms with Crippen molar-refractivity contribution in [2.45, 2.75) is 40.5 Å². The maximum atomic E-state index is 8.70. The Hall–Kier alpha value is -0.530. The monoisotopic (exact) mass is 169 g/mol. The summed E-state index contributed by atoms with van der Waals surface area (Å²) in [6.45, 7) is 8.74. The second-order valence-corrected chi connectivity index (χ2v) is 4.59. The standard InChI is InChI=1S/C10H19NO/c1-7-5-6-9(8(2)11-12)10(7,3)4/h7,9,12H,5-6H2,1-4H3/b11-8+/t7-,9-/m1/s1. The number of hydrogen-bond acceptors (Lipinski definition) is 2. The summed E-state index contributed by atoms with van der Waals surface area (Å²) in [6.07, 6.45) is 2.43. The number of nitrogens with zero attached hydrogens (tertiary/aromatic N) is 1. The molecule has 1 saturated carbocycles. The third-order valence-corrected chi connectivity index (χ3v) is 3.72. The van der Waals surface area contributed by atoms with Crippen LogP contribution in [0.5, 0.6) is 0 Å². The van der Waals surface area contributed by atoms with Crippen LogP contribution in [0.1, 0.15) is 40.5 Å². The molecule has 0 aliphatic heterocycles. The van der Waals surface area contributed by atoms with Gasteiger partial charge in [0.05, 0.1) is 5.71 Å². The SMILES string of the molecule is C/C(=N\O)[C@H]1CC[C@@H](C)C1(C)C. The fourth-order valence-corrected chi connectivity index (χ4v) is 2.32. The predicted octanol–water partition coefficient (Wildman–Crippen LogP) is 2.91. The van der Waals surface area contributed by atoms with E-state index in [1.165, 1.54) is 12.8 Å². The van der Waals surface area contributed by atoms with Gasteiger partial charge < -0.3 is 5.21 Å². The summed E-state index contributed by atoms with van der Waals surface area (Å²) in [4.78, 5) is 0. The molecule has 0 amide bonds. The quantitative estimate of drug-likeness (QED) is 0.365. The van der Waals surface area contributed by atoms with Crippen molar-refractivity contribution in [1.29, 1.82) is 0 Å². The van der Waals surface area contributed by atoms with Crippen molar-refractivity contribution in [3.8, 4) is 0 Å². The maximum absolute atomic E-state index is 8.70. The second-order valence-electron chi connectivity index (χ2n) is 4.59. The fraction of sp³-hybridized carbons (Fsp3) is 0.900. The van der Waals surface area contributed by atoms with E-state index in [0.717, 1.165) is 11.6 Å². The third kappa shape index (κ3) is 1.35. The Morgan fingerprint density at radius 3 is 2.33 bits per heavy atom. The van der Waals surface area contributed by atoms with Crippen LogP contribution in [0.3, 0.4) is 0 Å². The van der Waals surface area contributed by atoms with E-state index in [4.69, 9.17) is 5.21 Å². The summed E-state index contributed by atoms with van der Waals surface area (Å²) in [5.74, 6) is 1.21. The first-order valence-electron chi connectivity index (χ1n) is 4.68. The second kappa shape index (κ2) is 3.08. The highest BCUT2D eigenvalue weighted by Gasteiger charge is 2.41. The van der Waals surface area contributed by atoms with Crippen LogP contribution in [0.15, 0.2) is 5.16 Å². The number of oxime groups is 1. The first kappa shape index (κ1) is 9.56. The Balaban J connectivity index is 2.82. The van der Waals surface area contributed by atoms with E-state index >= 15 is 0 Å². The molecule has 2 atom stereocenters. The summed E-state index contributed by atoms with van der Waals surface area (Å²) < 4.78 is 0.